The van der Waals surface area contributed by atoms with Gasteiger partial charge in [-0.2, -0.15) is 8.42 Å². The SMILES string of the molecule is CCCCCOc1ccccc1C(=O)NC(=S)Nc1ccc(S(=O)(=O)N=C(N)N)cc1. The van der Waals surface area contributed by atoms with E-state index in [2.05, 4.69) is 22.0 Å². The summed E-state index contributed by atoms with van der Waals surface area (Å²) in [6, 6.07) is 12.5. The lowest BCUT2D eigenvalue weighted by atomic mass is 10.2. The van der Waals surface area contributed by atoms with Gasteiger partial charge < -0.3 is 21.5 Å². The molecule has 0 saturated carbocycles. The van der Waals surface area contributed by atoms with E-state index in [4.69, 9.17) is 28.4 Å². The van der Waals surface area contributed by atoms with Crippen molar-refractivity contribution in [1.82, 2.24) is 5.32 Å². The van der Waals surface area contributed by atoms with Gasteiger partial charge in [0, 0.05) is 5.69 Å². The zero-order valence-electron chi connectivity index (χ0n) is 17.0. The van der Waals surface area contributed by atoms with Crippen LogP contribution in [0.25, 0.3) is 0 Å². The van der Waals surface area contributed by atoms with Crippen LogP contribution in [0, 0.1) is 0 Å². The number of guanidine groups is 1. The lowest BCUT2D eigenvalue weighted by molar-refractivity contribution is 0.0973. The number of nitrogens with zero attached hydrogens (tertiary/aromatic N) is 1. The summed E-state index contributed by atoms with van der Waals surface area (Å²) < 4.78 is 32.9. The van der Waals surface area contributed by atoms with Crippen LogP contribution >= 0.6 is 12.2 Å². The number of unbranched alkanes of at least 4 members (excludes halogenated alkanes) is 2. The number of sulfonamides is 1. The topological polar surface area (TPSA) is 149 Å². The third-order valence-electron chi connectivity index (χ3n) is 4.00. The maximum absolute atomic E-state index is 12.6. The highest BCUT2D eigenvalue weighted by atomic mass is 32.2. The normalized spacial score (nSPS) is 10.7. The molecule has 2 aromatic rings. The van der Waals surface area contributed by atoms with E-state index in [-0.39, 0.29) is 10.0 Å². The molecule has 0 aliphatic rings. The fraction of sp³-hybridized carbons (Fsp3) is 0.250. The summed E-state index contributed by atoms with van der Waals surface area (Å²) in [5, 5.41) is 5.45. The number of hydrogen-bond donors (Lipinski definition) is 4. The number of hydrogen-bond acceptors (Lipinski definition) is 5. The lowest BCUT2D eigenvalue weighted by Gasteiger charge is -2.13. The molecule has 0 atom stereocenters. The second-order valence-electron chi connectivity index (χ2n) is 6.48. The Labute approximate surface area is 186 Å². The molecule has 166 valence electrons. The van der Waals surface area contributed by atoms with E-state index in [1.807, 2.05) is 0 Å². The molecule has 11 heteroatoms. The zero-order chi connectivity index (χ0) is 22.9. The minimum Gasteiger partial charge on any atom is -0.493 e. The summed E-state index contributed by atoms with van der Waals surface area (Å²) in [6.07, 6.45) is 3.03. The van der Waals surface area contributed by atoms with Crippen molar-refractivity contribution in [2.75, 3.05) is 11.9 Å². The quantitative estimate of drug-likeness (QED) is 0.192. The van der Waals surface area contributed by atoms with Crippen LogP contribution in [-0.4, -0.2) is 32.0 Å². The minimum atomic E-state index is -3.98. The largest absolute Gasteiger partial charge is 0.493 e. The monoisotopic (exact) mass is 463 g/mol. The number of para-hydroxylation sites is 1. The van der Waals surface area contributed by atoms with Gasteiger partial charge >= 0.3 is 0 Å². The molecule has 1 amide bonds. The molecular formula is C20H25N5O4S2. The summed E-state index contributed by atoms with van der Waals surface area (Å²) in [6.45, 7) is 2.63. The van der Waals surface area contributed by atoms with Crippen molar-refractivity contribution in [2.24, 2.45) is 15.9 Å². The van der Waals surface area contributed by atoms with Crippen molar-refractivity contribution >= 4 is 44.9 Å². The first-order valence-corrected chi connectivity index (χ1v) is 11.4. The van der Waals surface area contributed by atoms with Gasteiger partial charge in [-0.1, -0.05) is 31.9 Å². The predicted octanol–water partition coefficient (Wildman–Crippen LogP) is 2.34. The smallest absolute Gasteiger partial charge is 0.285 e. The van der Waals surface area contributed by atoms with Gasteiger partial charge in [-0.15, -0.1) is 4.40 Å². The molecule has 0 unspecified atom stereocenters. The van der Waals surface area contributed by atoms with Gasteiger partial charge in [0.1, 0.15) is 5.75 Å². The molecule has 0 fully saturated rings. The van der Waals surface area contributed by atoms with Crippen LogP contribution < -0.4 is 26.8 Å². The predicted molar refractivity (Wildman–Crippen MR) is 125 cm³/mol. The second kappa shape index (κ2) is 11.3. The van der Waals surface area contributed by atoms with Gasteiger partial charge in [-0.05, 0) is 55.0 Å². The van der Waals surface area contributed by atoms with Crippen molar-refractivity contribution < 1.29 is 17.9 Å². The highest BCUT2D eigenvalue weighted by Gasteiger charge is 2.15. The highest BCUT2D eigenvalue weighted by molar-refractivity contribution is 7.90. The number of thiocarbonyl (C=S) groups is 1. The van der Waals surface area contributed by atoms with E-state index in [0.717, 1.165) is 19.3 Å². The first-order valence-electron chi connectivity index (χ1n) is 9.53. The summed E-state index contributed by atoms with van der Waals surface area (Å²) in [5.41, 5.74) is 11.1. The number of nitrogens with one attached hydrogen (secondary N) is 2. The fourth-order valence-corrected chi connectivity index (χ4v) is 3.62. The van der Waals surface area contributed by atoms with E-state index in [9.17, 15) is 13.2 Å². The number of anilines is 1. The molecule has 0 aliphatic carbocycles. The Bertz CT molecular complexity index is 1050. The van der Waals surface area contributed by atoms with E-state index < -0.39 is 21.9 Å². The Hall–Kier alpha value is -3.18. The van der Waals surface area contributed by atoms with Gasteiger partial charge in [0.05, 0.1) is 17.1 Å². The molecular weight excluding hydrogens is 438 g/mol. The number of amides is 1. The van der Waals surface area contributed by atoms with Crippen molar-refractivity contribution in [3.05, 3.63) is 54.1 Å². The molecule has 0 saturated heterocycles. The van der Waals surface area contributed by atoms with Gasteiger partial charge in [-0.25, -0.2) is 0 Å². The van der Waals surface area contributed by atoms with Crippen LogP contribution in [0.1, 0.15) is 36.5 Å². The van der Waals surface area contributed by atoms with Crippen LogP contribution in [0.4, 0.5) is 5.69 Å². The lowest BCUT2D eigenvalue weighted by Crippen LogP contribution is -2.34. The van der Waals surface area contributed by atoms with Gasteiger partial charge in [0.2, 0.25) is 5.96 Å². The highest BCUT2D eigenvalue weighted by Crippen LogP contribution is 2.19. The minimum absolute atomic E-state index is 0.0469. The molecule has 9 nitrogen and oxygen atoms in total. The molecule has 0 bridgehead atoms. The molecule has 31 heavy (non-hydrogen) atoms. The van der Waals surface area contributed by atoms with Gasteiger partial charge in [-0.3, -0.25) is 10.1 Å². The molecule has 2 rings (SSSR count). The number of carbonyl (C=O) groups is 1. The molecule has 0 aliphatic heterocycles. The Morgan fingerprint density at radius 2 is 1.77 bits per heavy atom. The van der Waals surface area contributed by atoms with E-state index >= 15 is 0 Å². The standard InChI is InChI=1S/C20H25N5O4S2/c1-2-3-6-13-29-17-8-5-4-7-16(17)18(26)24-20(30)23-14-9-11-15(12-10-14)31(27,28)25-19(21)22/h4-5,7-12H,2-3,6,13H2,1H3,(H4,21,22,25)(H2,23,24,26,30). The Morgan fingerprint density at radius 1 is 1.10 bits per heavy atom. The summed E-state index contributed by atoms with van der Waals surface area (Å²) in [7, 11) is -3.98. The van der Waals surface area contributed by atoms with Crippen LogP contribution in [-0.2, 0) is 10.0 Å². The first kappa shape index (κ1) is 24.1. The Kier molecular flexibility index (Phi) is 8.76. The fourth-order valence-electron chi connectivity index (χ4n) is 2.55. The maximum atomic E-state index is 12.6. The second-order valence-corrected chi connectivity index (χ2v) is 8.49. The molecule has 0 heterocycles. The third kappa shape index (κ3) is 7.54. The van der Waals surface area contributed by atoms with Crippen molar-refractivity contribution in [2.45, 2.75) is 31.1 Å². The van der Waals surface area contributed by atoms with Gasteiger partial charge in [0.15, 0.2) is 5.11 Å². The summed E-state index contributed by atoms with van der Waals surface area (Å²) in [4.78, 5) is 12.5. The van der Waals surface area contributed by atoms with Crippen LogP contribution in [0.2, 0.25) is 0 Å². The van der Waals surface area contributed by atoms with Crippen molar-refractivity contribution in [3.63, 3.8) is 0 Å². The molecule has 2 aromatic carbocycles. The molecule has 0 aromatic heterocycles. The van der Waals surface area contributed by atoms with Gasteiger partial charge in [0.25, 0.3) is 15.9 Å². The Morgan fingerprint density at radius 3 is 2.42 bits per heavy atom. The maximum Gasteiger partial charge on any atom is 0.285 e. The van der Waals surface area contributed by atoms with Crippen LogP contribution in [0.3, 0.4) is 0 Å². The van der Waals surface area contributed by atoms with E-state index in [0.29, 0.717) is 23.6 Å². The number of rotatable bonds is 9. The average Bonchev–Trinajstić information content (AvgIpc) is 2.71. The third-order valence-corrected chi connectivity index (χ3v) is 5.52. The van der Waals surface area contributed by atoms with E-state index in [1.54, 1.807) is 24.3 Å². The van der Waals surface area contributed by atoms with Crippen molar-refractivity contribution in [3.8, 4) is 5.75 Å². The number of carbonyl (C=O) groups excluding carboxylic acids is 1. The first-order chi connectivity index (χ1) is 14.7. The number of nitrogens with two attached hydrogens (primary N) is 2. The molecule has 0 spiro atoms. The van der Waals surface area contributed by atoms with Crippen LogP contribution in [0.15, 0.2) is 57.8 Å². The molecule has 0 radical (unpaired) electrons. The van der Waals surface area contributed by atoms with Crippen molar-refractivity contribution in [1.29, 1.82) is 0 Å². The zero-order valence-corrected chi connectivity index (χ0v) is 18.6. The molecule has 6 N–H and O–H groups in total. The number of ether oxygens (including phenoxy) is 1. The summed E-state index contributed by atoms with van der Waals surface area (Å²) >= 11 is 5.18. The summed E-state index contributed by atoms with van der Waals surface area (Å²) in [5.74, 6) is -0.496. The Balaban J connectivity index is 2.00. The average molecular weight is 464 g/mol. The number of benzene rings is 2. The van der Waals surface area contributed by atoms with Crippen LogP contribution in [0.5, 0.6) is 5.75 Å². The van der Waals surface area contributed by atoms with E-state index in [1.165, 1.54) is 24.3 Å².